The fourth-order valence-electron chi connectivity index (χ4n) is 1.86. The van der Waals surface area contributed by atoms with Gasteiger partial charge in [-0.05, 0) is 24.0 Å². The summed E-state index contributed by atoms with van der Waals surface area (Å²) in [6.45, 7) is 2.69. The number of para-hydroxylation sites is 1. The smallest absolute Gasteiger partial charge is 0.179 e. The van der Waals surface area contributed by atoms with Crippen molar-refractivity contribution < 1.29 is 13.2 Å². The normalized spacial score (nSPS) is 20.5. The van der Waals surface area contributed by atoms with Gasteiger partial charge in [0.05, 0.1) is 6.61 Å². The minimum absolute atomic E-state index is 0.312. The summed E-state index contributed by atoms with van der Waals surface area (Å²) in [6.07, 6.45) is 2.16. The standard InChI is InChI=1S/C11H14O3S/c1-8-6-7-14-11-9(8)4-3-5-10(11)15(2,12)13/h3-5,8H,6-7H2,1-2H3. The Labute approximate surface area is 90.0 Å². The van der Waals surface area contributed by atoms with Crippen LogP contribution in [0.25, 0.3) is 0 Å². The van der Waals surface area contributed by atoms with E-state index in [0.717, 1.165) is 12.0 Å². The molecule has 1 aliphatic rings. The van der Waals surface area contributed by atoms with Crippen molar-refractivity contribution in [2.24, 2.45) is 0 Å². The van der Waals surface area contributed by atoms with Gasteiger partial charge in [-0.1, -0.05) is 19.1 Å². The summed E-state index contributed by atoms with van der Waals surface area (Å²) < 4.78 is 28.5. The third kappa shape index (κ3) is 1.86. The van der Waals surface area contributed by atoms with Crippen LogP contribution in [0.3, 0.4) is 0 Å². The molecule has 0 amide bonds. The van der Waals surface area contributed by atoms with E-state index in [2.05, 4.69) is 6.92 Å². The van der Waals surface area contributed by atoms with E-state index in [1.54, 1.807) is 12.1 Å². The van der Waals surface area contributed by atoms with Gasteiger partial charge in [0.25, 0.3) is 0 Å². The summed E-state index contributed by atoms with van der Waals surface area (Å²) in [5.41, 5.74) is 1.00. The second-order valence-electron chi connectivity index (χ2n) is 3.98. The molecule has 0 N–H and O–H groups in total. The monoisotopic (exact) mass is 226 g/mol. The minimum atomic E-state index is -3.19. The van der Waals surface area contributed by atoms with E-state index in [1.165, 1.54) is 6.26 Å². The lowest BCUT2D eigenvalue weighted by Gasteiger charge is -2.24. The first-order chi connectivity index (χ1) is 7.00. The van der Waals surface area contributed by atoms with Crippen LogP contribution in [-0.4, -0.2) is 21.3 Å². The molecule has 1 heterocycles. The molecule has 0 saturated carbocycles. The summed E-state index contributed by atoms with van der Waals surface area (Å²) in [7, 11) is -3.19. The van der Waals surface area contributed by atoms with Crippen molar-refractivity contribution in [3.05, 3.63) is 23.8 Å². The van der Waals surface area contributed by atoms with Crippen LogP contribution >= 0.6 is 0 Å². The lowest BCUT2D eigenvalue weighted by Crippen LogP contribution is -2.15. The molecule has 4 heteroatoms. The molecule has 1 aliphatic heterocycles. The summed E-state index contributed by atoms with van der Waals surface area (Å²) in [5.74, 6) is 0.925. The molecular weight excluding hydrogens is 212 g/mol. The Morgan fingerprint density at radius 3 is 2.80 bits per heavy atom. The topological polar surface area (TPSA) is 43.4 Å². The summed E-state index contributed by atoms with van der Waals surface area (Å²) >= 11 is 0. The van der Waals surface area contributed by atoms with E-state index in [9.17, 15) is 8.42 Å². The van der Waals surface area contributed by atoms with Crippen molar-refractivity contribution in [3.8, 4) is 5.75 Å². The molecule has 3 nitrogen and oxygen atoms in total. The SMILES string of the molecule is CC1CCOc2c1cccc2S(C)(=O)=O. The molecular formula is C11H14O3S. The highest BCUT2D eigenvalue weighted by atomic mass is 32.2. The summed E-state index contributed by atoms with van der Waals surface area (Å²) in [4.78, 5) is 0.312. The highest BCUT2D eigenvalue weighted by molar-refractivity contribution is 7.90. The molecule has 1 atom stereocenters. The van der Waals surface area contributed by atoms with Gasteiger partial charge in [-0.15, -0.1) is 0 Å². The number of benzene rings is 1. The average Bonchev–Trinajstić information content (AvgIpc) is 2.16. The molecule has 0 aromatic heterocycles. The highest BCUT2D eigenvalue weighted by Crippen LogP contribution is 2.37. The number of rotatable bonds is 1. The zero-order valence-corrected chi connectivity index (χ0v) is 9.67. The van der Waals surface area contributed by atoms with Gasteiger partial charge in [-0.3, -0.25) is 0 Å². The largest absolute Gasteiger partial charge is 0.492 e. The van der Waals surface area contributed by atoms with Crippen LogP contribution in [0, 0.1) is 0 Å². The number of ether oxygens (including phenoxy) is 1. The lowest BCUT2D eigenvalue weighted by atomic mass is 9.95. The van der Waals surface area contributed by atoms with Gasteiger partial charge in [0.15, 0.2) is 9.84 Å². The Hall–Kier alpha value is -1.03. The Morgan fingerprint density at radius 2 is 2.13 bits per heavy atom. The fourth-order valence-corrected chi connectivity index (χ4v) is 2.70. The molecule has 0 saturated heterocycles. The average molecular weight is 226 g/mol. The molecule has 1 aromatic rings. The maximum Gasteiger partial charge on any atom is 0.179 e. The van der Waals surface area contributed by atoms with Crippen molar-refractivity contribution in [2.45, 2.75) is 24.2 Å². The Morgan fingerprint density at radius 1 is 1.40 bits per heavy atom. The number of sulfone groups is 1. The van der Waals surface area contributed by atoms with Crippen molar-refractivity contribution in [3.63, 3.8) is 0 Å². The van der Waals surface area contributed by atoms with E-state index in [0.29, 0.717) is 23.2 Å². The van der Waals surface area contributed by atoms with Gasteiger partial charge in [0, 0.05) is 6.26 Å². The number of hydrogen-bond donors (Lipinski definition) is 0. The van der Waals surface area contributed by atoms with Gasteiger partial charge >= 0.3 is 0 Å². The predicted molar refractivity (Wildman–Crippen MR) is 58.1 cm³/mol. The van der Waals surface area contributed by atoms with Crippen molar-refractivity contribution in [1.82, 2.24) is 0 Å². The van der Waals surface area contributed by atoms with Crippen LogP contribution in [-0.2, 0) is 9.84 Å². The molecule has 1 unspecified atom stereocenters. The molecule has 0 fully saturated rings. The van der Waals surface area contributed by atoms with Gasteiger partial charge < -0.3 is 4.74 Å². The number of fused-ring (bicyclic) bond motifs is 1. The Bertz CT molecular complexity index is 477. The molecule has 15 heavy (non-hydrogen) atoms. The van der Waals surface area contributed by atoms with E-state index in [-0.39, 0.29) is 0 Å². The quantitative estimate of drug-likeness (QED) is 0.735. The van der Waals surface area contributed by atoms with Crippen LogP contribution in [0.5, 0.6) is 5.75 Å². The van der Waals surface area contributed by atoms with E-state index < -0.39 is 9.84 Å². The molecule has 0 aliphatic carbocycles. The van der Waals surface area contributed by atoms with Gasteiger partial charge in [0.2, 0.25) is 0 Å². The van der Waals surface area contributed by atoms with Crippen LogP contribution < -0.4 is 4.74 Å². The maximum atomic E-state index is 11.5. The Kier molecular flexibility index (Phi) is 2.46. The highest BCUT2D eigenvalue weighted by Gasteiger charge is 2.24. The fraction of sp³-hybridized carbons (Fsp3) is 0.455. The summed E-state index contributed by atoms with van der Waals surface area (Å²) in [5, 5.41) is 0. The second kappa shape index (κ2) is 3.52. The van der Waals surface area contributed by atoms with Crippen LogP contribution in [0.15, 0.2) is 23.1 Å². The zero-order valence-electron chi connectivity index (χ0n) is 8.86. The molecule has 1 aromatic carbocycles. The number of hydrogen-bond acceptors (Lipinski definition) is 3. The molecule has 82 valence electrons. The predicted octanol–water partition coefficient (Wildman–Crippen LogP) is 1.98. The lowest BCUT2D eigenvalue weighted by molar-refractivity contribution is 0.265. The molecule has 0 spiro atoms. The molecule has 2 rings (SSSR count). The first-order valence-electron chi connectivity index (χ1n) is 4.96. The van der Waals surface area contributed by atoms with E-state index in [1.807, 2.05) is 6.07 Å². The van der Waals surface area contributed by atoms with E-state index >= 15 is 0 Å². The van der Waals surface area contributed by atoms with Gasteiger partial charge in [-0.2, -0.15) is 0 Å². The third-order valence-electron chi connectivity index (χ3n) is 2.74. The summed E-state index contributed by atoms with van der Waals surface area (Å²) in [6, 6.07) is 5.32. The first kappa shape index (κ1) is 10.5. The van der Waals surface area contributed by atoms with E-state index in [4.69, 9.17) is 4.74 Å². The van der Waals surface area contributed by atoms with Gasteiger partial charge in [0.1, 0.15) is 10.6 Å². The third-order valence-corrected chi connectivity index (χ3v) is 3.86. The van der Waals surface area contributed by atoms with Crippen molar-refractivity contribution >= 4 is 9.84 Å². The first-order valence-corrected chi connectivity index (χ1v) is 6.85. The maximum absolute atomic E-state index is 11.5. The zero-order chi connectivity index (χ0) is 11.1. The Balaban J connectivity index is 2.65. The van der Waals surface area contributed by atoms with Crippen molar-refractivity contribution in [2.75, 3.05) is 12.9 Å². The van der Waals surface area contributed by atoms with Crippen LogP contribution in [0.4, 0.5) is 0 Å². The molecule has 0 radical (unpaired) electrons. The van der Waals surface area contributed by atoms with Crippen molar-refractivity contribution in [1.29, 1.82) is 0 Å². The van der Waals surface area contributed by atoms with Crippen LogP contribution in [0.1, 0.15) is 24.8 Å². The van der Waals surface area contributed by atoms with Gasteiger partial charge in [-0.25, -0.2) is 8.42 Å². The van der Waals surface area contributed by atoms with Crippen LogP contribution in [0.2, 0.25) is 0 Å². The molecule has 0 bridgehead atoms. The second-order valence-corrected chi connectivity index (χ2v) is 5.97. The minimum Gasteiger partial charge on any atom is -0.492 e.